The maximum atomic E-state index is 11.6. The first-order valence-corrected chi connectivity index (χ1v) is 9.26. The van der Waals surface area contributed by atoms with Crippen molar-refractivity contribution in [2.75, 3.05) is 19.6 Å². The molecule has 0 saturated carbocycles. The second-order valence-corrected chi connectivity index (χ2v) is 7.56. The Morgan fingerprint density at radius 1 is 1.22 bits per heavy atom. The van der Waals surface area contributed by atoms with Crippen molar-refractivity contribution in [3.8, 4) is 0 Å². The van der Waals surface area contributed by atoms with Gasteiger partial charge in [0.25, 0.3) is 0 Å². The van der Waals surface area contributed by atoms with Gasteiger partial charge < -0.3 is 4.90 Å². The first-order valence-electron chi connectivity index (χ1n) is 9.26. The van der Waals surface area contributed by atoms with Gasteiger partial charge in [0, 0.05) is 31.6 Å². The third kappa shape index (κ3) is 5.45. The van der Waals surface area contributed by atoms with Crippen molar-refractivity contribution < 1.29 is 4.79 Å². The number of carbonyl (C=O) groups is 1. The molecule has 0 atom stereocenters. The predicted octanol–water partition coefficient (Wildman–Crippen LogP) is 4.04. The van der Waals surface area contributed by atoms with Crippen LogP contribution in [0.3, 0.4) is 0 Å². The SMILES string of the molecule is CC(C)C(=O)CCCCN1CCC(n2cc(C(C)C)cn2)CC1. The molecule has 2 heterocycles. The topological polar surface area (TPSA) is 38.1 Å². The summed E-state index contributed by atoms with van der Waals surface area (Å²) < 4.78 is 2.17. The Morgan fingerprint density at radius 3 is 2.48 bits per heavy atom. The highest BCUT2D eigenvalue weighted by molar-refractivity contribution is 5.80. The van der Waals surface area contributed by atoms with Crippen molar-refractivity contribution in [1.82, 2.24) is 14.7 Å². The summed E-state index contributed by atoms with van der Waals surface area (Å²) in [5, 5.41) is 4.56. The number of hydrogen-bond acceptors (Lipinski definition) is 3. The van der Waals surface area contributed by atoms with Crippen molar-refractivity contribution in [1.29, 1.82) is 0 Å². The smallest absolute Gasteiger partial charge is 0.135 e. The standard InChI is InChI=1S/C19H33N3O/c1-15(2)17-13-20-22(14-17)18-8-11-21(12-9-18)10-6-5-7-19(23)16(3)4/h13-16,18H,5-12H2,1-4H3. The molecular weight excluding hydrogens is 286 g/mol. The van der Waals surface area contributed by atoms with E-state index in [0.717, 1.165) is 38.9 Å². The van der Waals surface area contributed by atoms with Crippen LogP contribution >= 0.6 is 0 Å². The summed E-state index contributed by atoms with van der Waals surface area (Å²) in [5.74, 6) is 1.15. The van der Waals surface area contributed by atoms with Crippen LogP contribution < -0.4 is 0 Å². The van der Waals surface area contributed by atoms with E-state index in [1.54, 1.807) is 0 Å². The number of aromatic nitrogens is 2. The van der Waals surface area contributed by atoms with E-state index in [9.17, 15) is 4.79 Å². The van der Waals surface area contributed by atoms with Gasteiger partial charge in [-0.15, -0.1) is 0 Å². The summed E-state index contributed by atoms with van der Waals surface area (Å²) in [6.45, 7) is 11.9. The Morgan fingerprint density at radius 2 is 1.91 bits per heavy atom. The normalized spacial score (nSPS) is 17.3. The Kier molecular flexibility index (Phi) is 6.82. The lowest BCUT2D eigenvalue weighted by Gasteiger charge is -2.32. The minimum atomic E-state index is 0.190. The summed E-state index contributed by atoms with van der Waals surface area (Å²) in [4.78, 5) is 14.2. The fourth-order valence-electron chi connectivity index (χ4n) is 3.18. The van der Waals surface area contributed by atoms with Crippen LogP contribution in [0.2, 0.25) is 0 Å². The van der Waals surface area contributed by atoms with Gasteiger partial charge in [-0.25, -0.2) is 0 Å². The summed E-state index contributed by atoms with van der Waals surface area (Å²) >= 11 is 0. The summed E-state index contributed by atoms with van der Waals surface area (Å²) in [7, 11) is 0. The molecule has 1 aromatic rings. The summed E-state index contributed by atoms with van der Waals surface area (Å²) in [5.41, 5.74) is 1.34. The molecule has 2 rings (SSSR count). The van der Waals surface area contributed by atoms with Crippen LogP contribution in [0.4, 0.5) is 0 Å². The number of piperidine rings is 1. The van der Waals surface area contributed by atoms with E-state index in [-0.39, 0.29) is 5.92 Å². The first kappa shape index (κ1) is 18.2. The molecule has 1 saturated heterocycles. The van der Waals surface area contributed by atoms with Crippen LogP contribution in [-0.4, -0.2) is 40.1 Å². The van der Waals surface area contributed by atoms with Crippen molar-refractivity contribution in [3.63, 3.8) is 0 Å². The molecule has 1 aliphatic rings. The number of carbonyl (C=O) groups excluding carboxylic acids is 1. The Hall–Kier alpha value is -1.16. The molecule has 4 heteroatoms. The zero-order chi connectivity index (χ0) is 16.8. The molecule has 4 nitrogen and oxygen atoms in total. The maximum Gasteiger partial charge on any atom is 0.135 e. The zero-order valence-electron chi connectivity index (χ0n) is 15.3. The number of unbranched alkanes of at least 4 members (excludes halogenated alkanes) is 1. The van der Waals surface area contributed by atoms with Crippen molar-refractivity contribution in [2.24, 2.45) is 5.92 Å². The van der Waals surface area contributed by atoms with Gasteiger partial charge in [0.1, 0.15) is 5.78 Å². The molecular formula is C19H33N3O. The van der Waals surface area contributed by atoms with Crippen LogP contribution in [0.5, 0.6) is 0 Å². The lowest BCUT2D eigenvalue weighted by Crippen LogP contribution is -2.35. The van der Waals surface area contributed by atoms with Gasteiger partial charge in [0.2, 0.25) is 0 Å². The summed E-state index contributed by atoms with van der Waals surface area (Å²) in [6.07, 6.45) is 9.54. The largest absolute Gasteiger partial charge is 0.303 e. The van der Waals surface area contributed by atoms with Gasteiger partial charge in [-0.3, -0.25) is 9.48 Å². The molecule has 0 spiro atoms. The fourth-order valence-corrected chi connectivity index (χ4v) is 3.18. The molecule has 0 aliphatic carbocycles. The molecule has 23 heavy (non-hydrogen) atoms. The molecule has 0 aromatic carbocycles. The number of Topliss-reactive ketones (excluding diaryl/α,β-unsaturated/α-hetero) is 1. The van der Waals surface area contributed by atoms with E-state index in [4.69, 9.17) is 0 Å². The number of rotatable bonds is 8. The second kappa shape index (κ2) is 8.62. The summed E-state index contributed by atoms with van der Waals surface area (Å²) in [6, 6.07) is 0.557. The predicted molar refractivity (Wildman–Crippen MR) is 94.7 cm³/mol. The maximum absolute atomic E-state index is 11.6. The van der Waals surface area contributed by atoms with Crippen LogP contribution in [0.25, 0.3) is 0 Å². The molecule has 1 aromatic heterocycles. The van der Waals surface area contributed by atoms with Gasteiger partial charge >= 0.3 is 0 Å². The Labute approximate surface area is 141 Å². The van der Waals surface area contributed by atoms with Gasteiger partial charge in [-0.05, 0) is 43.7 Å². The third-order valence-corrected chi connectivity index (χ3v) is 5.01. The molecule has 0 amide bonds. The number of ketones is 1. The van der Waals surface area contributed by atoms with Crippen molar-refractivity contribution >= 4 is 5.78 Å². The molecule has 0 bridgehead atoms. The van der Waals surface area contributed by atoms with E-state index in [0.29, 0.717) is 17.7 Å². The molecule has 0 unspecified atom stereocenters. The molecule has 1 aliphatic heterocycles. The Balaban J connectivity index is 1.66. The second-order valence-electron chi connectivity index (χ2n) is 7.56. The fraction of sp³-hybridized carbons (Fsp3) is 0.789. The quantitative estimate of drug-likeness (QED) is 0.679. The highest BCUT2D eigenvalue weighted by atomic mass is 16.1. The molecule has 1 fully saturated rings. The number of hydrogen-bond donors (Lipinski definition) is 0. The van der Waals surface area contributed by atoms with Crippen LogP contribution in [0.15, 0.2) is 12.4 Å². The van der Waals surface area contributed by atoms with E-state index >= 15 is 0 Å². The minimum Gasteiger partial charge on any atom is -0.303 e. The molecule has 130 valence electrons. The van der Waals surface area contributed by atoms with Crippen molar-refractivity contribution in [2.45, 2.75) is 71.8 Å². The molecule has 0 radical (unpaired) electrons. The number of likely N-dealkylation sites (tertiary alicyclic amines) is 1. The minimum absolute atomic E-state index is 0.190. The van der Waals surface area contributed by atoms with Crippen molar-refractivity contribution in [3.05, 3.63) is 18.0 Å². The van der Waals surface area contributed by atoms with E-state index in [1.165, 1.54) is 18.4 Å². The molecule has 0 N–H and O–H groups in total. The van der Waals surface area contributed by atoms with Crippen LogP contribution in [0, 0.1) is 5.92 Å². The van der Waals surface area contributed by atoms with Gasteiger partial charge in [0.05, 0.1) is 12.2 Å². The number of nitrogens with zero attached hydrogens (tertiary/aromatic N) is 3. The average Bonchev–Trinajstić information content (AvgIpc) is 3.02. The van der Waals surface area contributed by atoms with Gasteiger partial charge in [0.15, 0.2) is 0 Å². The van der Waals surface area contributed by atoms with Gasteiger partial charge in [-0.2, -0.15) is 5.10 Å². The monoisotopic (exact) mass is 319 g/mol. The van der Waals surface area contributed by atoms with Crippen LogP contribution in [-0.2, 0) is 4.79 Å². The van der Waals surface area contributed by atoms with Gasteiger partial charge in [-0.1, -0.05) is 27.7 Å². The van der Waals surface area contributed by atoms with Crippen LogP contribution in [0.1, 0.15) is 77.3 Å². The highest BCUT2D eigenvalue weighted by Gasteiger charge is 2.21. The van der Waals surface area contributed by atoms with E-state index < -0.39 is 0 Å². The average molecular weight is 319 g/mol. The Bertz CT molecular complexity index is 485. The first-order chi connectivity index (χ1) is 11.0. The highest BCUT2D eigenvalue weighted by Crippen LogP contribution is 2.24. The zero-order valence-corrected chi connectivity index (χ0v) is 15.3. The van der Waals surface area contributed by atoms with E-state index in [2.05, 4.69) is 34.7 Å². The van der Waals surface area contributed by atoms with E-state index in [1.807, 2.05) is 20.0 Å². The lowest BCUT2D eigenvalue weighted by molar-refractivity contribution is -0.122. The lowest BCUT2D eigenvalue weighted by atomic mass is 10.0. The third-order valence-electron chi connectivity index (χ3n) is 5.01.